The van der Waals surface area contributed by atoms with E-state index in [9.17, 15) is 14.7 Å². The molecule has 0 radical (unpaired) electrons. The van der Waals surface area contributed by atoms with Gasteiger partial charge in [0.05, 0.1) is 5.41 Å². The van der Waals surface area contributed by atoms with E-state index in [0.29, 0.717) is 30.0 Å². The van der Waals surface area contributed by atoms with Crippen LogP contribution in [-0.2, 0) is 14.9 Å². The van der Waals surface area contributed by atoms with E-state index in [2.05, 4.69) is 10.5 Å². The molecule has 1 amide bonds. The highest BCUT2D eigenvalue weighted by molar-refractivity contribution is 5.91. The van der Waals surface area contributed by atoms with Gasteiger partial charge in [0, 0.05) is 5.56 Å². The minimum atomic E-state index is -0.756. The van der Waals surface area contributed by atoms with Crippen molar-refractivity contribution in [3.05, 3.63) is 59.9 Å². The number of carboxylic acids is 1. The molecule has 0 saturated heterocycles. The van der Waals surface area contributed by atoms with Gasteiger partial charge in [0.25, 0.3) is 0 Å². The van der Waals surface area contributed by atoms with Gasteiger partial charge in [0.1, 0.15) is 17.5 Å². The monoisotopic (exact) mass is 462 g/mol. The molecular weight excluding hydrogens is 432 g/mol. The minimum Gasteiger partial charge on any atom is -0.481 e. The van der Waals surface area contributed by atoms with Gasteiger partial charge in [-0.05, 0) is 48.8 Å². The zero-order valence-electron chi connectivity index (χ0n) is 20.1. The molecular formula is C27H30N2O5. The second kappa shape index (κ2) is 8.63. The SMILES string of the molecule is Cc1onc(-c2ccc(-c3ccc(C4(C(=O)O)CC4)cc3)cc2)c1NC(=O)OC(C)C(C)(C)C. The van der Waals surface area contributed by atoms with Gasteiger partial charge in [0.2, 0.25) is 0 Å². The number of aliphatic carboxylic acids is 1. The number of hydrogen-bond acceptors (Lipinski definition) is 5. The number of nitrogens with zero attached hydrogens (tertiary/aromatic N) is 1. The lowest BCUT2D eigenvalue weighted by Crippen LogP contribution is -2.30. The second-order valence-corrected chi connectivity index (χ2v) is 10.0. The molecule has 2 N–H and O–H groups in total. The van der Waals surface area contributed by atoms with Gasteiger partial charge in [-0.25, -0.2) is 4.79 Å². The molecule has 1 heterocycles. The largest absolute Gasteiger partial charge is 0.481 e. The van der Waals surface area contributed by atoms with E-state index in [1.807, 2.05) is 76.2 Å². The van der Waals surface area contributed by atoms with Gasteiger partial charge in [-0.1, -0.05) is 74.5 Å². The maximum atomic E-state index is 12.4. The van der Waals surface area contributed by atoms with E-state index in [4.69, 9.17) is 9.26 Å². The number of carbonyl (C=O) groups excluding carboxylic acids is 1. The molecule has 3 aromatic rings. The summed E-state index contributed by atoms with van der Waals surface area (Å²) in [6.07, 6.45) is 0.549. The molecule has 34 heavy (non-hydrogen) atoms. The van der Waals surface area contributed by atoms with Crippen molar-refractivity contribution < 1.29 is 24.0 Å². The van der Waals surface area contributed by atoms with E-state index >= 15 is 0 Å². The highest BCUT2D eigenvalue weighted by Crippen LogP contribution is 2.48. The predicted molar refractivity (Wildman–Crippen MR) is 130 cm³/mol. The van der Waals surface area contributed by atoms with Gasteiger partial charge < -0.3 is 14.4 Å². The Balaban J connectivity index is 1.51. The first-order valence-electron chi connectivity index (χ1n) is 11.4. The average Bonchev–Trinajstić information content (AvgIpc) is 3.53. The molecule has 1 aliphatic rings. The summed E-state index contributed by atoms with van der Waals surface area (Å²) >= 11 is 0. The third-order valence-corrected chi connectivity index (χ3v) is 6.68. The van der Waals surface area contributed by atoms with Crippen molar-refractivity contribution >= 4 is 17.7 Å². The molecule has 1 aromatic heterocycles. The molecule has 178 valence electrons. The van der Waals surface area contributed by atoms with Gasteiger partial charge in [0.15, 0.2) is 5.76 Å². The fraction of sp³-hybridized carbons (Fsp3) is 0.370. The number of carboxylic acid groups (broad SMARTS) is 1. The maximum Gasteiger partial charge on any atom is 0.412 e. The Morgan fingerprint density at radius 3 is 2.06 bits per heavy atom. The Hall–Kier alpha value is -3.61. The van der Waals surface area contributed by atoms with Crippen molar-refractivity contribution in [3.63, 3.8) is 0 Å². The van der Waals surface area contributed by atoms with Gasteiger partial charge in [-0.15, -0.1) is 0 Å². The van der Waals surface area contributed by atoms with Crippen LogP contribution in [0.2, 0.25) is 0 Å². The fourth-order valence-corrected chi connectivity index (χ4v) is 3.74. The Morgan fingerprint density at radius 2 is 1.56 bits per heavy atom. The van der Waals surface area contributed by atoms with E-state index in [-0.39, 0.29) is 11.5 Å². The molecule has 4 rings (SSSR count). The molecule has 1 saturated carbocycles. The van der Waals surface area contributed by atoms with Crippen LogP contribution in [0.25, 0.3) is 22.4 Å². The van der Waals surface area contributed by atoms with Crippen LogP contribution in [-0.4, -0.2) is 28.4 Å². The standard InChI is InChI=1S/C27H30N2O5/c1-16-22(28-25(32)33-17(2)26(3,4)5)23(29-34-16)20-8-6-18(7-9-20)19-10-12-21(13-11-19)27(14-15-27)24(30)31/h6-13,17H,14-15H2,1-5H3,(H,28,32)(H,30,31). The Kier molecular flexibility index (Phi) is 5.98. The Bertz CT molecular complexity index is 1200. The summed E-state index contributed by atoms with van der Waals surface area (Å²) in [4.78, 5) is 24.0. The summed E-state index contributed by atoms with van der Waals surface area (Å²) in [6, 6.07) is 15.4. The molecule has 1 atom stereocenters. The number of rotatable bonds is 6. The summed E-state index contributed by atoms with van der Waals surface area (Å²) < 4.78 is 10.8. The number of hydrogen-bond donors (Lipinski definition) is 2. The van der Waals surface area contributed by atoms with Crippen LogP contribution in [0.3, 0.4) is 0 Å². The maximum absolute atomic E-state index is 12.4. The first kappa shape index (κ1) is 23.5. The number of aryl methyl sites for hydroxylation is 1. The van der Waals surface area contributed by atoms with Crippen molar-refractivity contribution in [2.45, 2.75) is 59.0 Å². The van der Waals surface area contributed by atoms with E-state index in [1.165, 1.54) is 0 Å². The summed E-state index contributed by atoms with van der Waals surface area (Å²) in [5, 5.41) is 16.4. The van der Waals surface area contributed by atoms with Crippen LogP contribution < -0.4 is 5.32 Å². The van der Waals surface area contributed by atoms with E-state index in [1.54, 1.807) is 6.92 Å². The Morgan fingerprint density at radius 1 is 1.03 bits per heavy atom. The molecule has 7 heteroatoms. The van der Waals surface area contributed by atoms with Crippen LogP contribution in [0.15, 0.2) is 53.1 Å². The smallest absolute Gasteiger partial charge is 0.412 e. The van der Waals surface area contributed by atoms with Crippen LogP contribution in [0.4, 0.5) is 10.5 Å². The molecule has 0 bridgehead atoms. The average molecular weight is 463 g/mol. The topological polar surface area (TPSA) is 102 Å². The third-order valence-electron chi connectivity index (χ3n) is 6.68. The molecule has 1 unspecified atom stereocenters. The number of ether oxygens (including phenoxy) is 1. The lowest BCUT2D eigenvalue weighted by atomic mass is 9.90. The number of aromatic nitrogens is 1. The van der Waals surface area contributed by atoms with Crippen LogP contribution in [0, 0.1) is 12.3 Å². The van der Waals surface area contributed by atoms with Crippen molar-refractivity contribution in [1.82, 2.24) is 5.16 Å². The molecule has 0 aliphatic heterocycles. The lowest BCUT2D eigenvalue weighted by molar-refractivity contribution is -0.140. The fourth-order valence-electron chi connectivity index (χ4n) is 3.74. The minimum absolute atomic E-state index is 0.176. The van der Waals surface area contributed by atoms with E-state index < -0.39 is 17.5 Å². The van der Waals surface area contributed by atoms with Crippen molar-refractivity contribution in [2.24, 2.45) is 5.41 Å². The second-order valence-electron chi connectivity index (χ2n) is 10.0. The number of carbonyl (C=O) groups is 2. The molecule has 7 nitrogen and oxygen atoms in total. The lowest BCUT2D eigenvalue weighted by Gasteiger charge is -2.26. The third kappa shape index (κ3) is 4.55. The summed E-state index contributed by atoms with van der Waals surface area (Å²) in [5.41, 5.74) is 3.74. The van der Waals surface area contributed by atoms with Crippen LogP contribution >= 0.6 is 0 Å². The van der Waals surface area contributed by atoms with Gasteiger partial charge in [-0.2, -0.15) is 0 Å². The van der Waals surface area contributed by atoms with Crippen molar-refractivity contribution in [1.29, 1.82) is 0 Å². The first-order chi connectivity index (χ1) is 16.0. The zero-order valence-corrected chi connectivity index (χ0v) is 20.1. The number of benzene rings is 2. The highest BCUT2D eigenvalue weighted by Gasteiger charge is 2.51. The number of nitrogens with one attached hydrogen (secondary N) is 1. The number of anilines is 1. The zero-order chi connectivity index (χ0) is 24.7. The molecule has 0 spiro atoms. The first-order valence-corrected chi connectivity index (χ1v) is 11.4. The number of amides is 1. The molecule has 2 aromatic carbocycles. The van der Waals surface area contributed by atoms with Crippen LogP contribution in [0.5, 0.6) is 0 Å². The highest BCUT2D eigenvalue weighted by atomic mass is 16.6. The quantitative estimate of drug-likeness (QED) is 0.438. The predicted octanol–water partition coefficient (Wildman–Crippen LogP) is 6.42. The summed E-state index contributed by atoms with van der Waals surface area (Å²) in [7, 11) is 0. The van der Waals surface area contributed by atoms with Crippen molar-refractivity contribution in [3.8, 4) is 22.4 Å². The summed E-state index contributed by atoms with van der Waals surface area (Å²) in [6.45, 7) is 9.61. The normalized spacial score (nSPS) is 15.4. The van der Waals surface area contributed by atoms with Gasteiger partial charge in [-0.3, -0.25) is 10.1 Å². The molecule has 1 fully saturated rings. The summed E-state index contributed by atoms with van der Waals surface area (Å²) in [5.74, 6) is -0.267. The van der Waals surface area contributed by atoms with Crippen molar-refractivity contribution in [2.75, 3.05) is 5.32 Å². The van der Waals surface area contributed by atoms with Crippen LogP contribution in [0.1, 0.15) is 51.9 Å². The molecule has 1 aliphatic carbocycles. The van der Waals surface area contributed by atoms with Gasteiger partial charge >= 0.3 is 12.1 Å². The Labute approximate surface area is 199 Å². The van der Waals surface area contributed by atoms with E-state index in [0.717, 1.165) is 22.3 Å².